The number of nitrogens with two attached hydrogens (primary N) is 1. The van der Waals surface area contributed by atoms with Crippen molar-refractivity contribution in [1.82, 2.24) is 5.32 Å². The Morgan fingerprint density at radius 3 is 2.54 bits per heavy atom. The maximum atomic E-state index is 12.3. The molecule has 0 radical (unpaired) electrons. The second-order valence-electron chi connectivity index (χ2n) is 7.29. The van der Waals surface area contributed by atoms with Crippen molar-refractivity contribution in [2.75, 3.05) is 5.32 Å². The van der Waals surface area contributed by atoms with Crippen molar-refractivity contribution in [3.05, 3.63) is 65.7 Å². The fourth-order valence-electron chi connectivity index (χ4n) is 3.62. The zero-order valence-electron chi connectivity index (χ0n) is 16.1. The van der Waals surface area contributed by atoms with Crippen LogP contribution >= 0.6 is 12.4 Å². The van der Waals surface area contributed by atoms with Gasteiger partial charge in [-0.3, -0.25) is 9.59 Å². The molecule has 5 nitrogen and oxygen atoms in total. The highest BCUT2D eigenvalue weighted by atomic mass is 35.5. The van der Waals surface area contributed by atoms with Gasteiger partial charge >= 0.3 is 0 Å². The molecule has 3 atom stereocenters. The second-order valence-corrected chi connectivity index (χ2v) is 7.29. The number of halogens is 1. The molecule has 1 aliphatic rings. The Bertz CT molecular complexity index is 797. The van der Waals surface area contributed by atoms with Crippen LogP contribution in [-0.2, 0) is 4.79 Å². The lowest BCUT2D eigenvalue weighted by Gasteiger charge is -2.19. The summed E-state index contributed by atoms with van der Waals surface area (Å²) in [6.07, 6.45) is 3.63. The summed E-state index contributed by atoms with van der Waals surface area (Å²) in [5.41, 5.74) is 8.33. The van der Waals surface area contributed by atoms with Gasteiger partial charge in [0, 0.05) is 23.7 Å². The Morgan fingerprint density at radius 1 is 1.11 bits per heavy atom. The molecular weight excluding hydrogens is 374 g/mol. The van der Waals surface area contributed by atoms with Crippen LogP contribution in [0.2, 0.25) is 0 Å². The van der Waals surface area contributed by atoms with Crippen LogP contribution in [0.25, 0.3) is 0 Å². The first kappa shape index (κ1) is 21.9. The highest BCUT2D eigenvalue weighted by molar-refractivity contribution is 6.04. The molecule has 0 aromatic heterocycles. The number of rotatable bonds is 6. The Morgan fingerprint density at radius 2 is 1.86 bits per heavy atom. The van der Waals surface area contributed by atoms with Crippen LogP contribution in [-0.4, -0.2) is 17.9 Å². The number of hydrogen-bond acceptors (Lipinski definition) is 3. The van der Waals surface area contributed by atoms with Crippen molar-refractivity contribution in [3.63, 3.8) is 0 Å². The minimum atomic E-state index is -0.153. The number of hydrogen-bond donors (Lipinski definition) is 3. The Hall–Kier alpha value is -2.37. The smallest absolute Gasteiger partial charge is 0.255 e. The van der Waals surface area contributed by atoms with Gasteiger partial charge in [-0.15, -0.1) is 12.4 Å². The van der Waals surface area contributed by atoms with Gasteiger partial charge in [0.15, 0.2) is 0 Å². The summed E-state index contributed by atoms with van der Waals surface area (Å²) in [6, 6.07) is 16.7. The van der Waals surface area contributed by atoms with Crippen molar-refractivity contribution >= 4 is 29.9 Å². The summed E-state index contributed by atoms with van der Waals surface area (Å²) in [5.74, 6) is 0.164. The van der Waals surface area contributed by atoms with Gasteiger partial charge < -0.3 is 16.4 Å². The fourth-order valence-corrected chi connectivity index (χ4v) is 3.62. The third kappa shape index (κ3) is 5.81. The van der Waals surface area contributed by atoms with E-state index in [-0.39, 0.29) is 42.2 Å². The predicted molar refractivity (Wildman–Crippen MR) is 115 cm³/mol. The van der Waals surface area contributed by atoms with Gasteiger partial charge in [0.2, 0.25) is 5.91 Å². The molecule has 3 rings (SSSR count). The monoisotopic (exact) mass is 401 g/mol. The normalized spacial score (nSPS) is 19.4. The number of anilines is 1. The van der Waals surface area contributed by atoms with Crippen LogP contribution in [0.5, 0.6) is 0 Å². The van der Waals surface area contributed by atoms with E-state index in [4.69, 9.17) is 5.73 Å². The van der Waals surface area contributed by atoms with E-state index in [1.807, 2.05) is 49.4 Å². The Labute approximate surface area is 172 Å². The number of benzene rings is 2. The molecule has 1 aliphatic carbocycles. The van der Waals surface area contributed by atoms with Gasteiger partial charge in [-0.05, 0) is 55.5 Å². The molecular formula is C22H28ClN3O2. The molecule has 2 amide bonds. The molecule has 2 aromatic carbocycles. The van der Waals surface area contributed by atoms with Gasteiger partial charge in [-0.25, -0.2) is 0 Å². The van der Waals surface area contributed by atoms with Crippen molar-refractivity contribution in [3.8, 4) is 0 Å². The number of carbonyl (C=O) groups is 2. The molecule has 0 heterocycles. The van der Waals surface area contributed by atoms with E-state index in [1.165, 1.54) is 0 Å². The van der Waals surface area contributed by atoms with Gasteiger partial charge in [-0.1, -0.05) is 36.8 Å². The van der Waals surface area contributed by atoms with Crippen molar-refractivity contribution in [1.29, 1.82) is 0 Å². The standard InChI is InChI=1S/C22H27N3O2.ClH/c1-15(24-21(26)14-18-10-6-12-20(18)23)17-9-5-11-19(13-17)25-22(27)16-7-3-2-4-8-16;/h2-5,7-9,11,13,15,18,20H,6,10,12,14,23H2,1H3,(H,24,26)(H,25,27);1H/t15?,18-,20+;/m0./s1. The molecule has 0 bridgehead atoms. The summed E-state index contributed by atoms with van der Waals surface area (Å²) in [6.45, 7) is 1.95. The molecule has 6 heteroatoms. The highest BCUT2D eigenvalue weighted by Gasteiger charge is 2.26. The lowest BCUT2D eigenvalue weighted by atomic mass is 9.99. The molecule has 0 saturated heterocycles. The quantitative estimate of drug-likeness (QED) is 0.682. The minimum Gasteiger partial charge on any atom is -0.350 e. The minimum absolute atomic E-state index is 0. The fraction of sp³-hybridized carbons (Fsp3) is 0.364. The largest absolute Gasteiger partial charge is 0.350 e. The van der Waals surface area contributed by atoms with Crippen LogP contribution in [0.15, 0.2) is 54.6 Å². The van der Waals surface area contributed by atoms with Crippen LogP contribution in [0.3, 0.4) is 0 Å². The molecule has 1 unspecified atom stereocenters. The van der Waals surface area contributed by atoms with E-state index in [2.05, 4.69) is 10.6 Å². The zero-order valence-corrected chi connectivity index (χ0v) is 16.9. The van der Waals surface area contributed by atoms with E-state index in [0.717, 1.165) is 24.8 Å². The molecule has 0 spiro atoms. The highest BCUT2D eigenvalue weighted by Crippen LogP contribution is 2.27. The third-order valence-electron chi connectivity index (χ3n) is 5.22. The van der Waals surface area contributed by atoms with Gasteiger partial charge in [0.25, 0.3) is 5.91 Å². The van der Waals surface area contributed by atoms with Crippen LogP contribution in [0, 0.1) is 5.92 Å². The van der Waals surface area contributed by atoms with Crippen LogP contribution < -0.4 is 16.4 Å². The summed E-state index contributed by atoms with van der Waals surface area (Å²) in [4.78, 5) is 24.6. The average molecular weight is 402 g/mol. The van der Waals surface area contributed by atoms with E-state index >= 15 is 0 Å². The number of nitrogens with one attached hydrogen (secondary N) is 2. The van der Waals surface area contributed by atoms with E-state index < -0.39 is 0 Å². The summed E-state index contributed by atoms with van der Waals surface area (Å²) in [7, 11) is 0. The molecule has 0 aliphatic heterocycles. The van der Waals surface area contributed by atoms with Crippen molar-refractivity contribution < 1.29 is 9.59 Å². The summed E-state index contributed by atoms with van der Waals surface area (Å²) in [5, 5.41) is 5.95. The van der Waals surface area contributed by atoms with E-state index in [9.17, 15) is 9.59 Å². The first-order valence-corrected chi connectivity index (χ1v) is 9.54. The first-order chi connectivity index (χ1) is 13.0. The van der Waals surface area contributed by atoms with Crippen molar-refractivity contribution in [2.45, 2.75) is 44.7 Å². The van der Waals surface area contributed by atoms with Gasteiger partial charge in [0.1, 0.15) is 0 Å². The molecule has 2 aromatic rings. The van der Waals surface area contributed by atoms with Gasteiger partial charge in [0.05, 0.1) is 6.04 Å². The second kappa shape index (κ2) is 10.2. The van der Waals surface area contributed by atoms with Crippen molar-refractivity contribution in [2.24, 2.45) is 11.7 Å². The summed E-state index contributed by atoms with van der Waals surface area (Å²) < 4.78 is 0. The maximum Gasteiger partial charge on any atom is 0.255 e. The SMILES string of the molecule is CC(NC(=O)C[C@@H]1CCC[C@H]1N)c1cccc(NC(=O)c2ccccc2)c1.Cl. The zero-order chi connectivity index (χ0) is 19.2. The molecule has 4 N–H and O–H groups in total. The molecule has 1 fully saturated rings. The Kier molecular flexibility index (Phi) is 8.03. The average Bonchev–Trinajstić information content (AvgIpc) is 3.07. The molecule has 1 saturated carbocycles. The number of amides is 2. The summed E-state index contributed by atoms with van der Waals surface area (Å²) >= 11 is 0. The third-order valence-corrected chi connectivity index (χ3v) is 5.22. The maximum absolute atomic E-state index is 12.3. The molecule has 150 valence electrons. The predicted octanol–water partition coefficient (Wildman–Crippen LogP) is 4.06. The lowest BCUT2D eigenvalue weighted by Crippen LogP contribution is -2.32. The van der Waals surface area contributed by atoms with Crippen LogP contribution in [0.4, 0.5) is 5.69 Å². The lowest BCUT2D eigenvalue weighted by molar-refractivity contribution is -0.122. The van der Waals surface area contributed by atoms with E-state index in [1.54, 1.807) is 12.1 Å². The topological polar surface area (TPSA) is 84.2 Å². The van der Waals surface area contributed by atoms with Gasteiger partial charge in [-0.2, -0.15) is 0 Å². The molecule has 28 heavy (non-hydrogen) atoms. The first-order valence-electron chi connectivity index (χ1n) is 9.54. The Balaban J connectivity index is 0.00000280. The van der Waals surface area contributed by atoms with Crippen LogP contribution in [0.1, 0.15) is 54.6 Å². The number of carbonyl (C=O) groups excluding carboxylic acids is 2. The van der Waals surface area contributed by atoms with E-state index in [0.29, 0.717) is 17.7 Å².